The second-order valence-electron chi connectivity index (χ2n) is 5.08. The summed E-state index contributed by atoms with van der Waals surface area (Å²) in [6.45, 7) is 0.686. The molecular weight excluding hydrogens is 278 g/mol. The van der Waals surface area contributed by atoms with E-state index in [1.54, 1.807) is 11.3 Å². The van der Waals surface area contributed by atoms with E-state index in [1.165, 1.54) is 15.8 Å². The zero-order chi connectivity index (χ0) is 14.2. The van der Waals surface area contributed by atoms with E-state index >= 15 is 0 Å². The van der Waals surface area contributed by atoms with Crippen molar-refractivity contribution in [3.05, 3.63) is 60.3 Å². The van der Waals surface area contributed by atoms with E-state index < -0.39 is 0 Å². The molecule has 104 valence electrons. The number of aromatic nitrogens is 2. The second kappa shape index (κ2) is 4.98. The molecule has 4 aromatic rings. The van der Waals surface area contributed by atoms with Gasteiger partial charge in [-0.15, -0.1) is 0 Å². The number of benzene rings is 2. The molecule has 0 aliphatic heterocycles. The smallest absolute Gasteiger partial charge is 0.195 e. The van der Waals surface area contributed by atoms with E-state index in [0.29, 0.717) is 6.54 Å². The number of rotatable bonds is 3. The molecule has 0 aliphatic carbocycles. The molecule has 3 nitrogen and oxygen atoms in total. The molecule has 0 amide bonds. The monoisotopic (exact) mass is 293 g/mol. The van der Waals surface area contributed by atoms with E-state index in [0.717, 1.165) is 22.6 Å². The largest absolute Gasteiger partial charge is 0.330 e. The van der Waals surface area contributed by atoms with Crippen molar-refractivity contribution in [3.63, 3.8) is 0 Å². The standard InChI is InChI=1S/C17H15N3S/c18-10-9-12-5-7-13(8-6-12)14-11-20-15-3-1-2-4-16(15)21-17(20)19-14/h1-8,11H,9-10,18H2. The molecule has 4 rings (SSSR count). The van der Waals surface area contributed by atoms with E-state index in [-0.39, 0.29) is 0 Å². The van der Waals surface area contributed by atoms with Crippen LogP contribution in [0.15, 0.2) is 54.7 Å². The summed E-state index contributed by atoms with van der Waals surface area (Å²) in [5.41, 5.74) is 10.2. The third-order valence-electron chi connectivity index (χ3n) is 3.68. The minimum absolute atomic E-state index is 0.686. The Morgan fingerprint density at radius 2 is 1.86 bits per heavy atom. The maximum Gasteiger partial charge on any atom is 0.195 e. The molecule has 0 aliphatic rings. The van der Waals surface area contributed by atoms with Gasteiger partial charge in [-0.2, -0.15) is 0 Å². The average Bonchev–Trinajstić information content (AvgIpc) is 3.06. The van der Waals surface area contributed by atoms with Crippen molar-refractivity contribution in [2.75, 3.05) is 6.54 Å². The maximum absolute atomic E-state index is 5.59. The Morgan fingerprint density at radius 1 is 1.05 bits per heavy atom. The Hall–Kier alpha value is -2.17. The summed E-state index contributed by atoms with van der Waals surface area (Å²) in [6, 6.07) is 16.9. The van der Waals surface area contributed by atoms with E-state index in [2.05, 4.69) is 59.1 Å². The van der Waals surface area contributed by atoms with Crippen LogP contribution in [0.4, 0.5) is 0 Å². The molecule has 2 aromatic carbocycles. The molecule has 0 unspecified atom stereocenters. The molecule has 21 heavy (non-hydrogen) atoms. The van der Waals surface area contributed by atoms with Gasteiger partial charge in [0.2, 0.25) is 0 Å². The Balaban J connectivity index is 1.79. The number of nitrogens with zero attached hydrogens (tertiary/aromatic N) is 2. The SMILES string of the molecule is NCCc1ccc(-c2cn3c(n2)sc2ccccc23)cc1. The molecule has 0 fully saturated rings. The highest BCUT2D eigenvalue weighted by atomic mass is 32.1. The summed E-state index contributed by atoms with van der Waals surface area (Å²) < 4.78 is 3.44. The van der Waals surface area contributed by atoms with Crippen molar-refractivity contribution in [2.24, 2.45) is 5.73 Å². The Morgan fingerprint density at radius 3 is 2.67 bits per heavy atom. The summed E-state index contributed by atoms with van der Waals surface area (Å²) in [7, 11) is 0. The van der Waals surface area contributed by atoms with Crippen LogP contribution in [0.3, 0.4) is 0 Å². The van der Waals surface area contributed by atoms with Crippen molar-refractivity contribution >= 4 is 26.5 Å². The van der Waals surface area contributed by atoms with Crippen molar-refractivity contribution in [1.82, 2.24) is 9.38 Å². The fourth-order valence-corrected chi connectivity index (χ4v) is 3.60. The number of hydrogen-bond donors (Lipinski definition) is 1. The van der Waals surface area contributed by atoms with Crippen LogP contribution in [0.5, 0.6) is 0 Å². The van der Waals surface area contributed by atoms with Crippen LogP contribution in [0.25, 0.3) is 26.4 Å². The van der Waals surface area contributed by atoms with Gasteiger partial charge >= 0.3 is 0 Å². The van der Waals surface area contributed by atoms with Crippen LogP contribution in [-0.2, 0) is 6.42 Å². The first-order valence-electron chi connectivity index (χ1n) is 7.01. The average molecular weight is 293 g/mol. The highest BCUT2D eigenvalue weighted by Crippen LogP contribution is 2.29. The molecule has 0 radical (unpaired) electrons. The quantitative estimate of drug-likeness (QED) is 0.625. The summed E-state index contributed by atoms with van der Waals surface area (Å²) in [6.07, 6.45) is 3.04. The molecule has 0 saturated carbocycles. The van der Waals surface area contributed by atoms with E-state index in [4.69, 9.17) is 10.7 Å². The molecule has 2 N–H and O–H groups in total. The lowest BCUT2D eigenvalue weighted by Gasteiger charge is -2.00. The van der Waals surface area contributed by atoms with Gasteiger partial charge in [-0.05, 0) is 30.7 Å². The molecule has 0 spiro atoms. The predicted molar refractivity (Wildman–Crippen MR) is 88.8 cm³/mol. The van der Waals surface area contributed by atoms with Gasteiger partial charge < -0.3 is 5.73 Å². The Labute approximate surface area is 126 Å². The fourth-order valence-electron chi connectivity index (χ4n) is 2.60. The van der Waals surface area contributed by atoms with Crippen molar-refractivity contribution < 1.29 is 0 Å². The Bertz CT molecular complexity index is 903. The number of thiazole rings is 1. The number of para-hydroxylation sites is 1. The van der Waals surface area contributed by atoms with Crippen LogP contribution in [0.1, 0.15) is 5.56 Å². The minimum Gasteiger partial charge on any atom is -0.330 e. The zero-order valence-electron chi connectivity index (χ0n) is 11.5. The summed E-state index contributed by atoms with van der Waals surface area (Å²) in [5, 5.41) is 0. The second-order valence-corrected chi connectivity index (χ2v) is 6.09. The molecule has 0 atom stereocenters. The Kier molecular flexibility index (Phi) is 2.98. The van der Waals surface area contributed by atoms with Gasteiger partial charge in [-0.3, -0.25) is 4.40 Å². The predicted octanol–water partition coefficient (Wildman–Crippen LogP) is 3.72. The molecular formula is C17H15N3S. The lowest BCUT2D eigenvalue weighted by atomic mass is 10.1. The summed E-state index contributed by atoms with van der Waals surface area (Å²) in [4.78, 5) is 5.79. The van der Waals surface area contributed by atoms with Crippen LogP contribution in [0, 0.1) is 0 Å². The normalized spacial score (nSPS) is 11.5. The van der Waals surface area contributed by atoms with Gasteiger partial charge in [0.1, 0.15) is 0 Å². The first-order valence-corrected chi connectivity index (χ1v) is 7.83. The van der Waals surface area contributed by atoms with Crippen molar-refractivity contribution in [2.45, 2.75) is 6.42 Å². The van der Waals surface area contributed by atoms with E-state index in [9.17, 15) is 0 Å². The van der Waals surface area contributed by atoms with E-state index in [1.807, 2.05) is 0 Å². The van der Waals surface area contributed by atoms with Crippen LogP contribution in [0.2, 0.25) is 0 Å². The third-order valence-corrected chi connectivity index (χ3v) is 4.72. The van der Waals surface area contributed by atoms with Crippen molar-refractivity contribution in [1.29, 1.82) is 0 Å². The third kappa shape index (κ3) is 2.13. The maximum atomic E-state index is 5.59. The molecule has 2 heterocycles. The highest BCUT2D eigenvalue weighted by Gasteiger charge is 2.09. The lowest BCUT2D eigenvalue weighted by Crippen LogP contribution is -2.02. The number of hydrogen-bond acceptors (Lipinski definition) is 3. The minimum atomic E-state index is 0.686. The van der Waals surface area contributed by atoms with Gasteiger partial charge in [0.05, 0.1) is 15.9 Å². The molecule has 0 saturated heterocycles. The van der Waals surface area contributed by atoms with Crippen LogP contribution >= 0.6 is 11.3 Å². The first-order chi connectivity index (χ1) is 10.3. The van der Waals surface area contributed by atoms with Crippen molar-refractivity contribution in [3.8, 4) is 11.3 Å². The lowest BCUT2D eigenvalue weighted by molar-refractivity contribution is 0.969. The van der Waals surface area contributed by atoms with Crippen LogP contribution in [-0.4, -0.2) is 15.9 Å². The number of imidazole rings is 1. The number of nitrogens with two attached hydrogens (primary N) is 1. The molecule has 4 heteroatoms. The van der Waals surface area contributed by atoms with Gasteiger partial charge in [-0.1, -0.05) is 47.7 Å². The number of fused-ring (bicyclic) bond motifs is 3. The fraction of sp³-hybridized carbons (Fsp3) is 0.118. The summed E-state index contributed by atoms with van der Waals surface area (Å²) >= 11 is 1.72. The topological polar surface area (TPSA) is 43.3 Å². The van der Waals surface area contributed by atoms with Crippen LogP contribution < -0.4 is 5.73 Å². The zero-order valence-corrected chi connectivity index (χ0v) is 12.3. The summed E-state index contributed by atoms with van der Waals surface area (Å²) in [5.74, 6) is 0. The van der Waals surface area contributed by atoms with Gasteiger partial charge in [0, 0.05) is 11.8 Å². The van der Waals surface area contributed by atoms with Gasteiger partial charge in [-0.25, -0.2) is 4.98 Å². The highest BCUT2D eigenvalue weighted by molar-refractivity contribution is 7.23. The molecule has 0 bridgehead atoms. The van der Waals surface area contributed by atoms with Gasteiger partial charge in [0.25, 0.3) is 0 Å². The molecule has 2 aromatic heterocycles. The first kappa shape index (κ1) is 12.6. The van der Waals surface area contributed by atoms with Gasteiger partial charge in [0.15, 0.2) is 4.96 Å².